The molecule has 0 aliphatic rings. The minimum Gasteiger partial charge on any atom is -0.508 e. The fraction of sp³-hybridized carbons (Fsp3) is 0.235. The SMILES string of the molecule is Cc1ccc(NC(C)c2ccc(OCC#N)cc2)cc1O. The van der Waals surface area contributed by atoms with Crippen LogP contribution in [0.15, 0.2) is 42.5 Å². The fourth-order valence-electron chi connectivity index (χ4n) is 2.00. The van der Waals surface area contributed by atoms with Crippen LogP contribution in [-0.2, 0) is 0 Å². The summed E-state index contributed by atoms with van der Waals surface area (Å²) in [6.07, 6.45) is 0. The summed E-state index contributed by atoms with van der Waals surface area (Å²) in [7, 11) is 0. The number of nitrogens with one attached hydrogen (secondary N) is 1. The van der Waals surface area contributed by atoms with Gasteiger partial charge in [-0.05, 0) is 43.2 Å². The van der Waals surface area contributed by atoms with Crippen molar-refractivity contribution in [2.24, 2.45) is 0 Å². The van der Waals surface area contributed by atoms with Crippen LogP contribution >= 0.6 is 0 Å². The Morgan fingerprint density at radius 3 is 2.57 bits per heavy atom. The number of aromatic hydroxyl groups is 1. The number of aryl methyl sites for hydroxylation is 1. The topological polar surface area (TPSA) is 65.3 Å². The van der Waals surface area contributed by atoms with E-state index in [1.54, 1.807) is 6.07 Å². The van der Waals surface area contributed by atoms with E-state index in [4.69, 9.17) is 10.00 Å². The van der Waals surface area contributed by atoms with Crippen LogP contribution in [0.25, 0.3) is 0 Å². The molecule has 108 valence electrons. The largest absolute Gasteiger partial charge is 0.508 e. The van der Waals surface area contributed by atoms with Gasteiger partial charge in [-0.1, -0.05) is 18.2 Å². The Balaban J connectivity index is 2.04. The van der Waals surface area contributed by atoms with Gasteiger partial charge < -0.3 is 15.2 Å². The van der Waals surface area contributed by atoms with Crippen LogP contribution in [0.4, 0.5) is 5.69 Å². The molecule has 0 fully saturated rings. The van der Waals surface area contributed by atoms with Gasteiger partial charge in [-0.15, -0.1) is 0 Å². The van der Waals surface area contributed by atoms with Crippen LogP contribution < -0.4 is 10.1 Å². The monoisotopic (exact) mass is 282 g/mol. The maximum absolute atomic E-state index is 9.72. The Labute approximate surface area is 124 Å². The Morgan fingerprint density at radius 1 is 1.24 bits per heavy atom. The summed E-state index contributed by atoms with van der Waals surface area (Å²) < 4.78 is 5.22. The van der Waals surface area contributed by atoms with Crippen molar-refractivity contribution in [1.29, 1.82) is 5.26 Å². The number of rotatable bonds is 5. The van der Waals surface area contributed by atoms with E-state index in [2.05, 4.69) is 5.32 Å². The molecule has 1 atom stereocenters. The predicted octanol–water partition coefficient (Wildman–Crippen LogP) is 3.78. The minimum atomic E-state index is 0.0514. The van der Waals surface area contributed by atoms with Crippen LogP contribution in [-0.4, -0.2) is 11.7 Å². The molecule has 2 aromatic rings. The van der Waals surface area contributed by atoms with Gasteiger partial charge in [0.25, 0.3) is 0 Å². The van der Waals surface area contributed by atoms with Crippen LogP contribution in [0.2, 0.25) is 0 Å². The van der Waals surface area contributed by atoms with Gasteiger partial charge in [0.15, 0.2) is 6.61 Å². The number of ether oxygens (including phenoxy) is 1. The molecule has 0 saturated heterocycles. The van der Waals surface area contributed by atoms with E-state index >= 15 is 0 Å². The number of phenolic OH excluding ortho intramolecular Hbond substituents is 1. The van der Waals surface area contributed by atoms with Crippen molar-refractivity contribution >= 4 is 5.69 Å². The summed E-state index contributed by atoms with van der Waals surface area (Å²) in [6.45, 7) is 3.96. The Kier molecular flexibility index (Phi) is 4.68. The molecule has 0 bridgehead atoms. The van der Waals surface area contributed by atoms with E-state index in [0.29, 0.717) is 5.75 Å². The Bertz CT molecular complexity index is 645. The third-order valence-electron chi connectivity index (χ3n) is 3.28. The molecule has 4 nitrogen and oxygen atoms in total. The second-order valence-corrected chi connectivity index (χ2v) is 4.88. The van der Waals surface area contributed by atoms with E-state index in [-0.39, 0.29) is 18.4 Å². The lowest BCUT2D eigenvalue weighted by Gasteiger charge is -2.16. The molecule has 21 heavy (non-hydrogen) atoms. The van der Waals surface area contributed by atoms with E-state index in [1.165, 1.54) is 0 Å². The summed E-state index contributed by atoms with van der Waals surface area (Å²) in [4.78, 5) is 0. The molecule has 4 heteroatoms. The molecule has 2 N–H and O–H groups in total. The first-order valence-corrected chi connectivity index (χ1v) is 6.76. The molecule has 2 aromatic carbocycles. The van der Waals surface area contributed by atoms with E-state index in [9.17, 15) is 5.11 Å². The second-order valence-electron chi connectivity index (χ2n) is 4.88. The van der Waals surface area contributed by atoms with Gasteiger partial charge in [0.1, 0.15) is 17.6 Å². The molecule has 1 unspecified atom stereocenters. The number of hydrogen-bond acceptors (Lipinski definition) is 4. The highest BCUT2D eigenvalue weighted by Gasteiger charge is 2.07. The second kappa shape index (κ2) is 6.67. The molecule has 0 saturated carbocycles. The zero-order valence-electron chi connectivity index (χ0n) is 12.1. The van der Waals surface area contributed by atoms with Crippen LogP contribution in [0.5, 0.6) is 11.5 Å². The first kappa shape index (κ1) is 14.7. The molecule has 0 radical (unpaired) electrons. The van der Waals surface area contributed by atoms with Crippen LogP contribution in [0.1, 0.15) is 24.1 Å². The zero-order valence-corrected chi connectivity index (χ0v) is 12.1. The molecule has 0 aliphatic heterocycles. The average molecular weight is 282 g/mol. The summed E-state index contributed by atoms with van der Waals surface area (Å²) in [6, 6.07) is 15.2. The predicted molar refractivity (Wildman–Crippen MR) is 82.4 cm³/mol. The van der Waals surface area contributed by atoms with Crippen LogP contribution in [0.3, 0.4) is 0 Å². The highest BCUT2D eigenvalue weighted by Crippen LogP contribution is 2.25. The number of nitrogens with zero attached hydrogens (tertiary/aromatic N) is 1. The lowest BCUT2D eigenvalue weighted by atomic mass is 10.1. The van der Waals surface area contributed by atoms with Crippen LogP contribution in [0, 0.1) is 18.3 Å². The van der Waals surface area contributed by atoms with Gasteiger partial charge >= 0.3 is 0 Å². The van der Waals surface area contributed by atoms with Gasteiger partial charge in [-0.3, -0.25) is 0 Å². The van der Waals surface area contributed by atoms with Gasteiger partial charge in [0.05, 0.1) is 0 Å². The number of hydrogen-bond donors (Lipinski definition) is 2. The Hall–Kier alpha value is -2.67. The molecule has 0 aromatic heterocycles. The Morgan fingerprint density at radius 2 is 1.95 bits per heavy atom. The molecule has 0 spiro atoms. The normalized spacial score (nSPS) is 11.5. The van der Waals surface area contributed by atoms with Crippen molar-refractivity contribution < 1.29 is 9.84 Å². The van der Waals surface area contributed by atoms with Gasteiger partial charge in [0.2, 0.25) is 0 Å². The van der Waals surface area contributed by atoms with Crippen molar-refractivity contribution in [2.45, 2.75) is 19.9 Å². The number of benzene rings is 2. The maximum atomic E-state index is 9.72. The smallest absolute Gasteiger partial charge is 0.174 e. The van der Waals surface area contributed by atoms with Gasteiger partial charge in [-0.2, -0.15) is 5.26 Å². The summed E-state index contributed by atoms with van der Waals surface area (Å²) in [5, 5.41) is 21.5. The van der Waals surface area contributed by atoms with Crippen molar-refractivity contribution in [3.63, 3.8) is 0 Å². The lowest BCUT2D eigenvalue weighted by molar-refractivity contribution is 0.368. The zero-order chi connectivity index (χ0) is 15.2. The fourth-order valence-corrected chi connectivity index (χ4v) is 2.00. The van der Waals surface area contributed by atoms with Crippen molar-refractivity contribution in [1.82, 2.24) is 0 Å². The third-order valence-corrected chi connectivity index (χ3v) is 3.28. The third kappa shape index (κ3) is 3.90. The first-order chi connectivity index (χ1) is 10.1. The summed E-state index contributed by atoms with van der Waals surface area (Å²) >= 11 is 0. The number of anilines is 1. The number of phenols is 1. The molecule has 0 amide bonds. The molecular weight excluding hydrogens is 264 g/mol. The maximum Gasteiger partial charge on any atom is 0.174 e. The highest BCUT2D eigenvalue weighted by atomic mass is 16.5. The van der Waals surface area contributed by atoms with Crippen molar-refractivity contribution in [3.05, 3.63) is 53.6 Å². The molecular formula is C17H18N2O2. The highest BCUT2D eigenvalue weighted by molar-refractivity contribution is 5.52. The van der Waals surface area contributed by atoms with E-state index in [1.807, 2.05) is 56.3 Å². The van der Waals surface area contributed by atoms with E-state index in [0.717, 1.165) is 16.8 Å². The van der Waals surface area contributed by atoms with Gasteiger partial charge in [0, 0.05) is 17.8 Å². The summed E-state index contributed by atoms with van der Waals surface area (Å²) in [5.74, 6) is 0.966. The average Bonchev–Trinajstić information content (AvgIpc) is 2.49. The van der Waals surface area contributed by atoms with E-state index < -0.39 is 0 Å². The molecule has 2 rings (SSSR count). The summed E-state index contributed by atoms with van der Waals surface area (Å²) in [5.41, 5.74) is 2.82. The lowest BCUT2D eigenvalue weighted by Crippen LogP contribution is -2.06. The van der Waals surface area contributed by atoms with Crippen molar-refractivity contribution in [2.75, 3.05) is 11.9 Å². The number of nitriles is 1. The molecule has 0 heterocycles. The standard InChI is InChI=1S/C17H18N2O2/c1-12-3-6-15(11-17(12)20)19-13(2)14-4-7-16(8-5-14)21-10-9-18/h3-8,11,13,19-20H,10H2,1-2H3. The molecule has 0 aliphatic carbocycles. The van der Waals surface area contributed by atoms with Gasteiger partial charge in [-0.25, -0.2) is 0 Å². The quantitative estimate of drug-likeness (QED) is 0.876. The first-order valence-electron chi connectivity index (χ1n) is 6.76. The van der Waals surface area contributed by atoms with Crippen molar-refractivity contribution in [3.8, 4) is 17.6 Å². The minimum absolute atomic E-state index is 0.0514.